The number of carbonyl (C=O) groups excluding carboxylic acids is 3. The molecule has 0 N–H and O–H groups in total. The van der Waals surface area contributed by atoms with Crippen molar-refractivity contribution in [1.29, 1.82) is 0 Å². The Balaban J connectivity index is 2.18. The minimum atomic E-state index is 0.0134. The van der Waals surface area contributed by atoms with Crippen LogP contribution in [0.4, 0.5) is 0 Å². The summed E-state index contributed by atoms with van der Waals surface area (Å²) in [6, 6.07) is 0. The van der Waals surface area contributed by atoms with Gasteiger partial charge in [0.2, 0.25) is 0 Å². The molecule has 0 bridgehead atoms. The highest BCUT2D eigenvalue weighted by Crippen LogP contribution is 2.53. The Morgan fingerprint density at radius 1 is 0.731 bits per heavy atom. The van der Waals surface area contributed by atoms with E-state index in [2.05, 4.69) is 0 Å². The molecule has 150 valence electrons. The van der Waals surface area contributed by atoms with Crippen molar-refractivity contribution in [3.63, 3.8) is 0 Å². The Morgan fingerprint density at radius 2 is 1.15 bits per heavy atom. The lowest BCUT2D eigenvalue weighted by Gasteiger charge is -2.02. The molecular weight excluding hydrogens is 328 g/mol. The maximum Gasteiger partial charge on any atom is 0.309 e. The van der Waals surface area contributed by atoms with Crippen LogP contribution in [0, 0.1) is 17.8 Å². The zero-order valence-electron chi connectivity index (χ0n) is 16.6. The smallest absolute Gasteiger partial charge is 0.309 e. The van der Waals surface area contributed by atoms with Gasteiger partial charge in [-0.2, -0.15) is 0 Å². The summed E-state index contributed by atoms with van der Waals surface area (Å²) in [6.07, 6.45) is 17.1. The molecule has 1 rings (SSSR count). The fourth-order valence-electron chi connectivity index (χ4n) is 4.10. The van der Waals surface area contributed by atoms with Crippen LogP contribution in [0.1, 0.15) is 96.8 Å². The second-order valence-corrected chi connectivity index (χ2v) is 7.63. The van der Waals surface area contributed by atoms with Crippen LogP contribution in [0.3, 0.4) is 0 Å². The summed E-state index contributed by atoms with van der Waals surface area (Å²) in [4.78, 5) is 32.7. The maximum absolute atomic E-state index is 12.2. The quantitative estimate of drug-likeness (QED) is 0.188. The number of hydrogen-bond donors (Lipinski definition) is 0. The lowest BCUT2D eigenvalue weighted by atomic mass is 10.0. The molecule has 1 aliphatic rings. The molecule has 1 aliphatic carbocycles. The zero-order chi connectivity index (χ0) is 19.0. The Labute approximate surface area is 159 Å². The minimum absolute atomic E-state index is 0.0134. The first-order valence-corrected chi connectivity index (χ1v) is 10.8. The van der Waals surface area contributed by atoms with Gasteiger partial charge in [0, 0.05) is 12.8 Å². The lowest BCUT2D eigenvalue weighted by molar-refractivity contribution is -0.145. The first-order chi connectivity index (χ1) is 12.8. The number of aldehydes is 2. The van der Waals surface area contributed by atoms with E-state index in [1.54, 1.807) is 0 Å². The van der Waals surface area contributed by atoms with Gasteiger partial charge in [-0.05, 0) is 44.4 Å². The fraction of sp³-hybridized carbons (Fsp3) is 0.864. The summed E-state index contributed by atoms with van der Waals surface area (Å²) >= 11 is 0. The lowest BCUT2D eigenvalue weighted by Crippen LogP contribution is -2.08. The molecule has 2 atom stereocenters. The van der Waals surface area contributed by atoms with Crippen molar-refractivity contribution < 1.29 is 19.1 Å². The third kappa shape index (κ3) is 9.49. The number of esters is 1. The molecule has 0 amide bonds. The van der Waals surface area contributed by atoms with Gasteiger partial charge in [0.05, 0.1) is 12.5 Å². The summed E-state index contributed by atoms with van der Waals surface area (Å²) in [6.45, 7) is 2.35. The molecule has 0 aliphatic heterocycles. The van der Waals surface area contributed by atoms with Gasteiger partial charge in [0.1, 0.15) is 12.6 Å². The van der Waals surface area contributed by atoms with E-state index in [1.165, 1.54) is 38.5 Å². The molecule has 0 saturated heterocycles. The Morgan fingerprint density at radius 3 is 1.58 bits per heavy atom. The average Bonchev–Trinajstić information content (AvgIpc) is 3.33. The normalized spacial score (nSPS) is 21.3. The van der Waals surface area contributed by atoms with Gasteiger partial charge in [0.15, 0.2) is 0 Å². The van der Waals surface area contributed by atoms with Crippen LogP contribution >= 0.6 is 0 Å². The zero-order valence-corrected chi connectivity index (χ0v) is 16.6. The molecule has 2 unspecified atom stereocenters. The molecule has 0 spiro atoms. The number of rotatable bonds is 18. The molecule has 1 saturated carbocycles. The molecule has 0 heterocycles. The van der Waals surface area contributed by atoms with Crippen molar-refractivity contribution in [1.82, 2.24) is 0 Å². The minimum Gasteiger partial charge on any atom is -0.466 e. The molecule has 26 heavy (non-hydrogen) atoms. The second-order valence-electron chi connectivity index (χ2n) is 7.63. The third-order valence-electron chi connectivity index (χ3n) is 5.61. The first-order valence-electron chi connectivity index (χ1n) is 10.8. The molecule has 4 nitrogen and oxygen atoms in total. The van der Waals surface area contributed by atoms with E-state index in [1.807, 2.05) is 6.92 Å². The number of carbonyl (C=O) groups is 3. The first kappa shape index (κ1) is 22.9. The van der Waals surface area contributed by atoms with Crippen molar-refractivity contribution in [2.24, 2.45) is 17.8 Å². The predicted octanol–water partition coefficient (Wildman–Crippen LogP) is 5.27. The largest absolute Gasteiger partial charge is 0.466 e. The Kier molecular flexibility index (Phi) is 13.1. The van der Waals surface area contributed by atoms with Crippen LogP contribution in [0.15, 0.2) is 0 Å². The molecule has 0 aromatic carbocycles. The summed E-state index contributed by atoms with van der Waals surface area (Å²) in [5, 5.41) is 0. The van der Waals surface area contributed by atoms with Crippen LogP contribution in [-0.2, 0) is 19.1 Å². The second kappa shape index (κ2) is 14.9. The van der Waals surface area contributed by atoms with Crippen molar-refractivity contribution in [2.75, 3.05) is 6.61 Å². The van der Waals surface area contributed by atoms with Crippen molar-refractivity contribution in [3.05, 3.63) is 0 Å². The fourth-order valence-corrected chi connectivity index (χ4v) is 4.10. The predicted molar refractivity (Wildman–Crippen MR) is 104 cm³/mol. The maximum atomic E-state index is 12.2. The summed E-state index contributed by atoms with van der Waals surface area (Å²) in [7, 11) is 0. The van der Waals surface area contributed by atoms with Crippen molar-refractivity contribution >= 4 is 18.5 Å². The molecule has 4 heteroatoms. The van der Waals surface area contributed by atoms with Gasteiger partial charge in [-0.15, -0.1) is 0 Å². The number of hydrogen-bond acceptors (Lipinski definition) is 4. The van der Waals surface area contributed by atoms with Crippen LogP contribution < -0.4 is 0 Å². The summed E-state index contributed by atoms with van der Waals surface area (Å²) in [5.74, 6) is 1.21. The van der Waals surface area contributed by atoms with Gasteiger partial charge in [-0.3, -0.25) is 4.79 Å². The van der Waals surface area contributed by atoms with E-state index in [-0.39, 0.29) is 11.9 Å². The highest BCUT2D eigenvalue weighted by Gasteiger charge is 2.53. The van der Waals surface area contributed by atoms with Crippen LogP contribution in [0.25, 0.3) is 0 Å². The molecule has 0 aromatic rings. The van der Waals surface area contributed by atoms with E-state index in [4.69, 9.17) is 4.74 Å². The van der Waals surface area contributed by atoms with Crippen LogP contribution in [0.5, 0.6) is 0 Å². The number of ether oxygens (including phenoxy) is 1. The Bertz CT molecular complexity index is 366. The third-order valence-corrected chi connectivity index (χ3v) is 5.61. The average molecular weight is 367 g/mol. The van der Waals surface area contributed by atoms with Gasteiger partial charge < -0.3 is 14.3 Å². The van der Waals surface area contributed by atoms with Crippen LogP contribution in [-0.4, -0.2) is 25.1 Å². The number of unbranched alkanes of at least 4 members (excludes halogenated alkanes) is 10. The SMILES string of the molecule is CCOC(=O)C1C(CCCCCCCC=O)C1CCCCCCCC=O. The molecule has 0 aromatic heterocycles. The summed E-state index contributed by atoms with van der Waals surface area (Å²) in [5.41, 5.74) is 0. The van der Waals surface area contributed by atoms with E-state index in [0.29, 0.717) is 31.3 Å². The monoisotopic (exact) mass is 366 g/mol. The van der Waals surface area contributed by atoms with Crippen LogP contribution in [0.2, 0.25) is 0 Å². The van der Waals surface area contributed by atoms with E-state index < -0.39 is 0 Å². The van der Waals surface area contributed by atoms with Gasteiger partial charge in [-0.25, -0.2) is 0 Å². The van der Waals surface area contributed by atoms with Crippen molar-refractivity contribution in [2.45, 2.75) is 96.8 Å². The van der Waals surface area contributed by atoms with E-state index in [0.717, 1.165) is 51.1 Å². The Hall–Kier alpha value is -1.19. The van der Waals surface area contributed by atoms with E-state index >= 15 is 0 Å². The molecular formula is C22H38O4. The highest BCUT2D eigenvalue weighted by molar-refractivity contribution is 5.76. The standard InChI is InChI=1S/C22H38O4/c1-2-26-22(25)21-19(15-11-7-3-5-9-13-17-23)20(21)16-12-8-4-6-10-14-18-24/h17-21H,2-16H2,1H3. The van der Waals surface area contributed by atoms with Gasteiger partial charge in [0.25, 0.3) is 0 Å². The van der Waals surface area contributed by atoms with Crippen molar-refractivity contribution in [3.8, 4) is 0 Å². The van der Waals surface area contributed by atoms with Gasteiger partial charge >= 0.3 is 5.97 Å². The summed E-state index contributed by atoms with van der Waals surface area (Å²) < 4.78 is 5.26. The van der Waals surface area contributed by atoms with Gasteiger partial charge in [-0.1, -0.05) is 51.4 Å². The molecule has 0 radical (unpaired) electrons. The van der Waals surface area contributed by atoms with E-state index in [9.17, 15) is 14.4 Å². The molecule has 1 fully saturated rings. The topological polar surface area (TPSA) is 60.4 Å². The highest BCUT2D eigenvalue weighted by atomic mass is 16.5.